The van der Waals surface area contributed by atoms with Crippen LogP contribution in [0.3, 0.4) is 0 Å². The first kappa shape index (κ1) is 14.2. The van der Waals surface area contributed by atoms with Crippen LogP contribution in [0.25, 0.3) is 17.0 Å². The topological polar surface area (TPSA) is 62.2 Å². The van der Waals surface area contributed by atoms with Gasteiger partial charge in [-0.15, -0.1) is 0 Å². The summed E-state index contributed by atoms with van der Waals surface area (Å²) < 4.78 is 0. The van der Waals surface area contributed by atoms with E-state index in [2.05, 4.69) is 10.3 Å². The number of aliphatic hydroxyl groups excluding tert-OH is 1. The van der Waals surface area contributed by atoms with Crippen molar-refractivity contribution in [1.82, 2.24) is 10.3 Å². The smallest absolute Gasteiger partial charge is 0.244 e. The Balaban J connectivity index is 2.03. The maximum Gasteiger partial charge on any atom is 0.244 e. The first-order valence-electron chi connectivity index (χ1n) is 6.64. The van der Waals surface area contributed by atoms with Crippen molar-refractivity contribution in [1.29, 1.82) is 0 Å². The predicted molar refractivity (Wildman–Crippen MR) is 80.1 cm³/mol. The van der Waals surface area contributed by atoms with Crippen LogP contribution < -0.4 is 5.32 Å². The highest BCUT2D eigenvalue weighted by atomic mass is 16.3. The highest BCUT2D eigenvalue weighted by Gasteiger charge is 2.03. The monoisotopic (exact) mass is 270 g/mol. The molecule has 0 radical (unpaired) electrons. The molecule has 0 aliphatic carbocycles. The molecule has 104 valence electrons. The summed E-state index contributed by atoms with van der Waals surface area (Å²) in [5, 5.41) is 12.6. The molecule has 4 heteroatoms. The summed E-state index contributed by atoms with van der Waals surface area (Å²) >= 11 is 0. The van der Waals surface area contributed by atoms with E-state index in [1.165, 1.54) is 6.08 Å². The van der Waals surface area contributed by atoms with Gasteiger partial charge >= 0.3 is 0 Å². The number of para-hydroxylation sites is 1. The van der Waals surface area contributed by atoms with E-state index in [9.17, 15) is 4.79 Å². The van der Waals surface area contributed by atoms with Gasteiger partial charge in [-0.3, -0.25) is 4.79 Å². The zero-order valence-electron chi connectivity index (χ0n) is 11.4. The second-order valence-corrected chi connectivity index (χ2v) is 4.68. The van der Waals surface area contributed by atoms with Gasteiger partial charge in [0, 0.05) is 24.1 Å². The fraction of sp³-hybridized carbons (Fsp3) is 0.250. The molecule has 4 nitrogen and oxygen atoms in total. The van der Waals surface area contributed by atoms with Crippen LogP contribution in [0.1, 0.15) is 19.0 Å². The maximum atomic E-state index is 11.7. The number of carbonyl (C=O) groups is 1. The molecule has 2 aromatic rings. The zero-order chi connectivity index (χ0) is 14.4. The Labute approximate surface area is 118 Å². The van der Waals surface area contributed by atoms with Crippen molar-refractivity contribution in [3.63, 3.8) is 0 Å². The lowest BCUT2D eigenvalue weighted by Gasteiger charge is -2.09. The van der Waals surface area contributed by atoms with Gasteiger partial charge in [0.05, 0.1) is 11.2 Å². The summed E-state index contributed by atoms with van der Waals surface area (Å²) in [6.45, 7) is 1.92. The molecule has 1 heterocycles. The number of hydrogen-bond donors (Lipinski definition) is 2. The third-order valence-corrected chi connectivity index (χ3v) is 2.98. The van der Waals surface area contributed by atoms with E-state index in [4.69, 9.17) is 5.11 Å². The lowest BCUT2D eigenvalue weighted by Crippen LogP contribution is -2.31. The van der Waals surface area contributed by atoms with Crippen molar-refractivity contribution in [2.45, 2.75) is 19.4 Å². The van der Waals surface area contributed by atoms with Crippen LogP contribution in [0.4, 0.5) is 0 Å². The molecule has 0 fully saturated rings. The number of carbonyl (C=O) groups excluding carboxylic acids is 1. The van der Waals surface area contributed by atoms with Crippen molar-refractivity contribution >= 4 is 22.9 Å². The van der Waals surface area contributed by atoms with Crippen LogP contribution in [-0.4, -0.2) is 28.6 Å². The number of rotatable bonds is 5. The number of pyridine rings is 1. The lowest BCUT2D eigenvalue weighted by atomic mass is 10.2. The number of aliphatic hydroxyl groups is 1. The Kier molecular flexibility index (Phi) is 4.85. The van der Waals surface area contributed by atoms with Gasteiger partial charge in [0.15, 0.2) is 0 Å². The second-order valence-electron chi connectivity index (χ2n) is 4.68. The number of hydrogen-bond acceptors (Lipinski definition) is 3. The summed E-state index contributed by atoms with van der Waals surface area (Å²) in [6, 6.07) is 11.7. The number of benzene rings is 1. The average Bonchev–Trinajstić information content (AvgIpc) is 2.45. The Morgan fingerprint density at radius 2 is 2.15 bits per heavy atom. The molecule has 0 unspecified atom stereocenters. The third kappa shape index (κ3) is 3.90. The van der Waals surface area contributed by atoms with Crippen LogP contribution in [0, 0.1) is 0 Å². The average molecular weight is 270 g/mol. The first-order valence-corrected chi connectivity index (χ1v) is 6.64. The Morgan fingerprint density at radius 3 is 2.95 bits per heavy atom. The standard InChI is InChI=1S/C16H18N2O2/c1-12(10-11-19)17-16(20)9-8-14-7-6-13-4-2-3-5-15(13)18-14/h2-9,12,19H,10-11H2,1H3,(H,17,20)/b9-8+/t12-/m1/s1. The number of amides is 1. The molecular formula is C16H18N2O2. The largest absolute Gasteiger partial charge is 0.396 e. The second kappa shape index (κ2) is 6.82. The van der Waals surface area contributed by atoms with Crippen molar-refractivity contribution < 1.29 is 9.90 Å². The van der Waals surface area contributed by atoms with E-state index in [-0.39, 0.29) is 18.6 Å². The van der Waals surface area contributed by atoms with Gasteiger partial charge < -0.3 is 10.4 Å². The predicted octanol–water partition coefficient (Wildman–Crippen LogP) is 2.14. The van der Waals surface area contributed by atoms with Gasteiger partial charge in [-0.25, -0.2) is 4.98 Å². The van der Waals surface area contributed by atoms with Crippen LogP contribution in [0.2, 0.25) is 0 Å². The molecule has 20 heavy (non-hydrogen) atoms. The highest BCUT2D eigenvalue weighted by Crippen LogP contribution is 2.12. The maximum absolute atomic E-state index is 11.7. The lowest BCUT2D eigenvalue weighted by molar-refractivity contribution is -0.117. The number of fused-ring (bicyclic) bond motifs is 1. The quantitative estimate of drug-likeness (QED) is 0.818. The van der Waals surface area contributed by atoms with Crippen LogP contribution in [-0.2, 0) is 4.79 Å². The number of nitrogens with one attached hydrogen (secondary N) is 1. The van der Waals surface area contributed by atoms with E-state index >= 15 is 0 Å². The van der Waals surface area contributed by atoms with Crippen molar-refractivity contribution in [3.8, 4) is 0 Å². The number of nitrogens with zero attached hydrogens (tertiary/aromatic N) is 1. The fourth-order valence-electron chi connectivity index (χ4n) is 1.89. The molecule has 0 aliphatic rings. The Hall–Kier alpha value is -2.20. The van der Waals surface area contributed by atoms with Gasteiger partial charge in [-0.05, 0) is 31.6 Å². The van der Waals surface area contributed by atoms with E-state index in [1.54, 1.807) is 6.08 Å². The molecule has 1 aromatic carbocycles. The van der Waals surface area contributed by atoms with Gasteiger partial charge in [0.25, 0.3) is 0 Å². The summed E-state index contributed by atoms with van der Waals surface area (Å²) in [4.78, 5) is 16.1. The van der Waals surface area contributed by atoms with E-state index < -0.39 is 0 Å². The van der Waals surface area contributed by atoms with Crippen molar-refractivity contribution in [2.75, 3.05) is 6.61 Å². The minimum atomic E-state index is -0.180. The molecular weight excluding hydrogens is 252 g/mol. The Morgan fingerprint density at radius 1 is 1.35 bits per heavy atom. The molecule has 2 rings (SSSR count). The summed E-state index contributed by atoms with van der Waals surface area (Å²) in [6.07, 6.45) is 3.70. The molecule has 1 aromatic heterocycles. The minimum Gasteiger partial charge on any atom is -0.396 e. The minimum absolute atomic E-state index is 0.0401. The SMILES string of the molecule is C[C@H](CCO)NC(=O)/C=C/c1ccc2ccccc2n1. The fourth-order valence-corrected chi connectivity index (χ4v) is 1.89. The third-order valence-electron chi connectivity index (χ3n) is 2.98. The zero-order valence-corrected chi connectivity index (χ0v) is 11.4. The van der Waals surface area contributed by atoms with E-state index in [0.29, 0.717) is 6.42 Å². The normalized spacial score (nSPS) is 12.7. The van der Waals surface area contributed by atoms with Crippen molar-refractivity contribution in [2.24, 2.45) is 0 Å². The van der Waals surface area contributed by atoms with E-state index in [1.807, 2.05) is 43.3 Å². The molecule has 1 atom stereocenters. The van der Waals surface area contributed by atoms with Crippen molar-refractivity contribution in [3.05, 3.63) is 48.2 Å². The summed E-state index contributed by atoms with van der Waals surface area (Å²) in [7, 11) is 0. The summed E-state index contributed by atoms with van der Waals surface area (Å²) in [5.74, 6) is -0.180. The molecule has 2 N–H and O–H groups in total. The number of aromatic nitrogens is 1. The molecule has 0 spiro atoms. The molecule has 1 amide bonds. The van der Waals surface area contributed by atoms with Crippen LogP contribution >= 0.6 is 0 Å². The Bertz CT molecular complexity index is 623. The summed E-state index contributed by atoms with van der Waals surface area (Å²) in [5.41, 5.74) is 1.65. The molecule has 0 bridgehead atoms. The molecule has 0 saturated carbocycles. The van der Waals surface area contributed by atoms with Crippen LogP contribution in [0.5, 0.6) is 0 Å². The van der Waals surface area contributed by atoms with Crippen LogP contribution in [0.15, 0.2) is 42.5 Å². The highest BCUT2D eigenvalue weighted by molar-refractivity contribution is 5.92. The van der Waals surface area contributed by atoms with E-state index in [0.717, 1.165) is 16.6 Å². The van der Waals surface area contributed by atoms with Gasteiger partial charge in [0.2, 0.25) is 5.91 Å². The van der Waals surface area contributed by atoms with Gasteiger partial charge in [0.1, 0.15) is 0 Å². The first-order chi connectivity index (χ1) is 9.69. The van der Waals surface area contributed by atoms with Gasteiger partial charge in [-0.1, -0.05) is 24.3 Å². The van der Waals surface area contributed by atoms with Gasteiger partial charge in [-0.2, -0.15) is 0 Å². The molecule has 0 aliphatic heterocycles. The molecule has 0 saturated heterocycles.